The minimum atomic E-state index is -0.113. The maximum absolute atomic E-state index is 13.0. The van der Waals surface area contributed by atoms with Gasteiger partial charge in [0.2, 0.25) is 5.91 Å². The van der Waals surface area contributed by atoms with E-state index in [1.807, 2.05) is 26.0 Å². The number of amides is 1. The molecule has 148 valence electrons. The quantitative estimate of drug-likeness (QED) is 0.857. The van der Waals surface area contributed by atoms with Gasteiger partial charge in [-0.2, -0.15) is 0 Å². The maximum atomic E-state index is 13.0. The van der Waals surface area contributed by atoms with E-state index < -0.39 is 0 Å². The molecule has 0 unspecified atom stereocenters. The number of hydrogen-bond donors (Lipinski definition) is 1. The lowest BCUT2D eigenvalue weighted by molar-refractivity contribution is -0.120. The lowest BCUT2D eigenvalue weighted by Gasteiger charge is -2.32. The van der Waals surface area contributed by atoms with Gasteiger partial charge in [0, 0.05) is 43.5 Å². The Kier molecular flexibility index (Phi) is 5.32. The molecule has 2 aliphatic heterocycles. The molecule has 4 rings (SSSR count). The molecule has 3 heterocycles. The molecule has 7 nitrogen and oxygen atoms in total. The number of hydrogen-bond acceptors (Lipinski definition) is 6. The SMILES string of the molecule is CCOc1cc2c(cc1NC(=O)[C@@H]1CCCN(c3cnccn3)C1)O[C@@H](C)C2. The lowest BCUT2D eigenvalue weighted by Crippen LogP contribution is -2.41. The van der Waals surface area contributed by atoms with Crippen molar-refractivity contribution < 1.29 is 14.3 Å². The van der Waals surface area contributed by atoms with Crippen LogP contribution in [0.4, 0.5) is 11.5 Å². The van der Waals surface area contributed by atoms with E-state index in [4.69, 9.17) is 9.47 Å². The summed E-state index contributed by atoms with van der Waals surface area (Å²) in [4.78, 5) is 23.6. The molecule has 1 aromatic heterocycles. The Hall–Kier alpha value is -2.83. The minimum absolute atomic E-state index is 0.000499. The number of aromatic nitrogens is 2. The van der Waals surface area contributed by atoms with Crippen LogP contribution in [0.1, 0.15) is 32.3 Å². The smallest absolute Gasteiger partial charge is 0.229 e. The van der Waals surface area contributed by atoms with Gasteiger partial charge in [0.15, 0.2) is 0 Å². The summed E-state index contributed by atoms with van der Waals surface area (Å²) in [5.41, 5.74) is 1.80. The van der Waals surface area contributed by atoms with Crippen LogP contribution in [0.25, 0.3) is 0 Å². The standard InChI is InChI=1S/C21H26N4O3/c1-3-27-19-10-16-9-14(2)28-18(16)11-17(19)24-21(26)15-5-4-8-25(13-15)20-12-22-6-7-23-20/h6-7,10-12,14-15H,3-5,8-9,13H2,1-2H3,(H,24,26)/t14-,15+/m0/s1. The number of nitrogens with one attached hydrogen (secondary N) is 1. The summed E-state index contributed by atoms with van der Waals surface area (Å²) in [7, 11) is 0. The monoisotopic (exact) mass is 382 g/mol. The Bertz CT molecular complexity index is 843. The van der Waals surface area contributed by atoms with Crippen LogP contribution in [0.5, 0.6) is 11.5 Å². The average Bonchev–Trinajstić information content (AvgIpc) is 3.08. The minimum Gasteiger partial charge on any atom is -0.492 e. The number of benzene rings is 1. The summed E-state index contributed by atoms with van der Waals surface area (Å²) in [6, 6.07) is 3.88. The third-order valence-electron chi connectivity index (χ3n) is 5.22. The number of fused-ring (bicyclic) bond motifs is 1. The Morgan fingerprint density at radius 1 is 1.39 bits per heavy atom. The molecule has 1 N–H and O–H groups in total. The molecular formula is C21H26N4O3. The normalized spacial score (nSPS) is 21.0. The van der Waals surface area contributed by atoms with Gasteiger partial charge in [0.1, 0.15) is 23.4 Å². The van der Waals surface area contributed by atoms with Gasteiger partial charge in [0.05, 0.1) is 24.4 Å². The van der Waals surface area contributed by atoms with E-state index in [1.165, 1.54) is 0 Å². The molecule has 0 saturated carbocycles. The second-order valence-electron chi connectivity index (χ2n) is 7.36. The van der Waals surface area contributed by atoms with Crippen molar-refractivity contribution >= 4 is 17.4 Å². The van der Waals surface area contributed by atoms with Crippen molar-refractivity contribution in [3.8, 4) is 11.5 Å². The Morgan fingerprint density at radius 2 is 2.29 bits per heavy atom. The highest BCUT2D eigenvalue weighted by Crippen LogP contribution is 2.38. The van der Waals surface area contributed by atoms with E-state index in [9.17, 15) is 4.79 Å². The van der Waals surface area contributed by atoms with Crippen molar-refractivity contribution in [2.24, 2.45) is 5.92 Å². The van der Waals surface area contributed by atoms with Crippen molar-refractivity contribution in [2.75, 3.05) is 29.9 Å². The van der Waals surface area contributed by atoms with Crippen LogP contribution < -0.4 is 19.7 Å². The summed E-state index contributed by atoms with van der Waals surface area (Å²) >= 11 is 0. The number of carbonyl (C=O) groups excluding carboxylic acids is 1. The van der Waals surface area contributed by atoms with E-state index >= 15 is 0 Å². The first-order chi connectivity index (χ1) is 13.6. The number of ether oxygens (including phenoxy) is 2. The highest BCUT2D eigenvalue weighted by molar-refractivity contribution is 5.95. The number of rotatable bonds is 5. The molecule has 1 fully saturated rings. The van der Waals surface area contributed by atoms with Gasteiger partial charge >= 0.3 is 0 Å². The number of anilines is 2. The van der Waals surface area contributed by atoms with Crippen LogP contribution in [0.2, 0.25) is 0 Å². The molecule has 2 atom stereocenters. The van der Waals surface area contributed by atoms with Gasteiger partial charge in [-0.25, -0.2) is 4.98 Å². The summed E-state index contributed by atoms with van der Waals surface area (Å²) in [5.74, 6) is 2.23. The molecular weight excluding hydrogens is 356 g/mol. The van der Waals surface area contributed by atoms with Crippen LogP contribution in [0, 0.1) is 5.92 Å². The van der Waals surface area contributed by atoms with E-state index in [0.717, 1.165) is 42.9 Å². The van der Waals surface area contributed by atoms with Gasteiger partial charge in [0.25, 0.3) is 0 Å². The molecule has 0 radical (unpaired) electrons. The third-order valence-corrected chi connectivity index (χ3v) is 5.22. The molecule has 1 saturated heterocycles. The second-order valence-corrected chi connectivity index (χ2v) is 7.36. The van der Waals surface area contributed by atoms with Gasteiger partial charge < -0.3 is 19.7 Å². The third kappa shape index (κ3) is 3.88. The van der Waals surface area contributed by atoms with Crippen LogP contribution in [0.3, 0.4) is 0 Å². The van der Waals surface area contributed by atoms with Crippen molar-refractivity contribution in [3.63, 3.8) is 0 Å². The van der Waals surface area contributed by atoms with Crippen LogP contribution in [0.15, 0.2) is 30.7 Å². The first kappa shape index (κ1) is 18.5. The molecule has 7 heteroatoms. The summed E-state index contributed by atoms with van der Waals surface area (Å²) in [5, 5.41) is 3.07. The van der Waals surface area contributed by atoms with Crippen molar-refractivity contribution in [1.29, 1.82) is 0 Å². The van der Waals surface area contributed by atoms with E-state index in [-0.39, 0.29) is 17.9 Å². The number of piperidine rings is 1. The van der Waals surface area contributed by atoms with Gasteiger partial charge in [-0.1, -0.05) is 0 Å². The topological polar surface area (TPSA) is 76.6 Å². The lowest BCUT2D eigenvalue weighted by atomic mass is 9.97. The Labute approximate surface area is 165 Å². The number of carbonyl (C=O) groups is 1. The molecule has 0 aliphatic carbocycles. The maximum Gasteiger partial charge on any atom is 0.229 e. The Morgan fingerprint density at radius 3 is 3.07 bits per heavy atom. The molecule has 2 aliphatic rings. The predicted molar refractivity (Wildman–Crippen MR) is 107 cm³/mol. The summed E-state index contributed by atoms with van der Waals surface area (Å²) in [6.07, 6.45) is 7.88. The highest BCUT2D eigenvalue weighted by atomic mass is 16.5. The predicted octanol–water partition coefficient (Wildman–Crippen LogP) is 3.05. The van der Waals surface area contributed by atoms with E-state index in [0.29, 0.717) is 24.6 Å². The zero-order chi connectivity index (χ0) is 19.5. The molecule has 1 amide bonds. The average molecular weight is 382 g/mol. The largest absolute Gasteiger partial charge is 0.492 e. The van der Waals surface area contributed by atoms with Crippen molar-refractivity contribution in [2.45, 2.75) is 39.2 Å². The Balaban J connectivity index is 1.49. The van der Waals surface area contributed by atoms with Crippen LogP contribution in [-0.2, 0) is 11.2 Å². The fourth-order valence-electron chi connectivity index (χ4n) is 3.90. The van der Waals surface area contributed by atoms with Crippen molar-refractivity contribution in [3.05, 3.63) is 36.3 Å². The first-order valence-corrected chi connectivity index (χ1v) is 9.92. The summed E-state index contributed by atoms with van der Waals surface area (Å²) < 4.78 is 11.6. The fraction of sp³-hybridized carbons (Fsp3) is 0.476. The highest BCUT2D eigenvalue weighted by Gasteiger charge is 2.28. The van der Waals surface area contributed by atoms with E-state index in [1.54, 1.807) is 18.6 Å². The molecule has 28 heavy (non-hydrogen) atoms. The molecule has 2 aromatic rings. The zero-order valence-electron chi connectivity index (χ0n) is 16.4. The van der Waals surface area contributed by atoms with Gasteiger partial charge in [-0.3, -0.25) is 9.78 Å². The molecule has 0 spiro atoms. The summed E-state index contributed by atoms with van der Waals surface area (Å²) in [6.45, 7) is 6.05. The molecule has 0 bridgehead atoms. The van der Waals surface area contributed by atoms with E-state index in [2.05, 4.69) is 20.2 Å². The van der Waals surface area contributed by atoms with Gasteiger partial charge in [-0.05, 0) is 32.8 Å². The number of nitrogens with zero attached hydrogens (tertiary/aromatic N) is 3. The molecule has 1 aromatic carbocycles. The second kappa shape index (κ2) is 8.04. The first-order valence-electron chi connectivity index (χ1n) is 9.92. The van der Waals surface area contributed by atoms with Gasteiger partial charge in [-0.15, -0.1) is 0 Å². The zero-order valence-corrected chi connectivity index (χ0v) is 16.4. The fourth-order valence-corrected chi connectivity index (χ4v) is 3.90. The van der Waals surface area contributed by atoms with Crippen LogP contribution >= 0.6 is 0 Å². The van der Waals surface area contributed by atoms with Crippen LogP contribution in [-0.4, -0.2) is 41.7 Å². The van der Waals surface area contributed by atoms with Crippen molar-refractivity contribution in [1.82, 2.24) is 9.97 Å².